The van der Waals surface area contributed by atoms with Crippen molar-refractivity contribution in [3.8, 4) is 0 Å². The number of sulfonamides is 1. The van der Waals surface area contributed by atoms with Crippen LogP contribution in [0.1, 0.15) is 39.0 Å². The third-order valence-electron chi connectivity index (χ3n) is 4.22. The standard InChI is InChI=1S/C18H26N2O3S/c1-3-17(18(21)19-14-15-10-6-4-7-11-15)20(24(2,22)23)16-12-8-5-9-13-16/h5,8-10,12-13,17H,3-4,6-7,11,14H2,1-2H3,(H,19,21)/t17-/m0/s1. The van der Waals surface area contributed by atoms with E-state index in [9.17, 15) is 13.2 Å². The maximum atomic E-state index is 12.6. The van der Waals surface area contributed by atoms with Gasteiger partial charge in [0.15, 0.2) is 0 Å². The van der Waals surface area contributed by atoms with Gasteiger partial charge in [0.05, 0.1) is 11.9 Å². The maximum absolute atomic E-state index is 12.6. The summed E-state index contributed by atoms with van der Waals surface area (Å²) < 4.78 is 25.8. The second kappa shape index (κ2) is 8.33. The van der Waals surface area contributed by atoms with Crippen LogP contribution in [0.15, 0.2) is 42.0 Å². The van der Waals surface area contributed by atoms with Gasteiger partial charge in [0.1, 0.15) is 6.04 Å². The van der Waals surface area contributed by atoms with Gasteiger partial charge in [-0.2, -0.15) is 0 Å². The summed E-state index contributed by atoms with van der Waals surface area (Å²) in [6, 6.07) is 8.03. The van der Waals surface area contributed by atoms with Crippen molar-refractivity contribution in [1.29, 1.82) is 0 Å². The molecule has 24 heavy (non-hydrogen) atoms. The molecule has 0 fully saturated rings. The van der Waals surface area contributed by atoms with E-state index in [-0.39, 0.29) is 5.91 Å². The smallest absolute Gasteiger partial charge is 0.244 e. The fourth-order valence-corrected chi connectivity index (χ4v) is 4.23. The van der Waals surface area contributed by atoms with Crippen molar-refractivity contribution < 1.29 is 13.2 Å². The Balaban J connectivity index is 2.16. The minimum atomic E-state index is -3.56. The van der Waals surface area contributed by atoms with Gasteiger partial charge in [-0.1, -0.05) is 36.8 Å². The highest BCUT2D eigenvalue weighted by molar-refractivity contribution is 7.92. The Bertz CT molecular complexity index is 683. The molecule has 1 aliphatic carbocycles. The molecule has 132 valence electrons. The molecule has 0 heterocycles. The molecule has 0 spiro atoms. The van der Waals surface area contributed by atoms with Crippen molar-refractivity contribution in [2.75, 3.05) is 17.1 Å². The summed E-state index contributed by atoms with van der Waals surface area (Å²) in [7, 11) is -3.56. The third-order valence-corrected chi connectivity index (χ3v) is 5.40. The van der Waals surface area contributed by atoms with E-state index >= 15 is 0 Å². The predicted molar refractivity (Wildman–Crippen MR) is 97.4 cm³/mol. The summed E-state index contributed by atoms with van der Waals surface area (Å²) >= 11 is 0. The first kappa shape index (κ1) is 18.5. The lowest BCUT2D eigenvalue weighted by Gasteiger charge is -2.30. The Morgan fingerprint density at radius 1 is 1.25 bits per heavy atom. The highest BCUT2D eigenvalue weighted by Crippen LogP contribution is 2.22. The first-order chi connectivity index (χ1) is 11.4. The fourth-order valence-electron chi connectivity index (χ4n) is 3.02. The average molecular weight is 350 g/mol. The fraction of sp³-hybridized carbons (Fsp3) is 0.500. The highest BCUT2D eigenvalue weighted by atomic mass is 32.2. The number of carbonyl (C=O) groups excluding carboxylic acids is 1. The molecule has 0 unspecified atom stereocenters. The number of amides is 1. The molecule has 0 saturated heterocycles. The molecule has 1 aliphatic rings. The van der Waals surface area contributed by atoms with E-state index in [0.29, 0.717) is 18.7 Å². The van der Waals surface area contributed by atoms with Gasteiger partial charge < -0.3 is 5.32 Å². The van der Waals surface area contributed by atoms with Gasteiger partial charge in [-0.25, -0.2) is 8.42 Å². The van der Waals surface area contributed by atoms with Crippen LogP contribution in [-0.2, 0) is 14.8 Å². The molecule has 1 N–H and O–H groups in total. The number of allylic oxidation sites excluding steroid dienone is 1. The zero-order valence-electron chi connectivity index (χ0n) is 14.4. The van der Waals surface area contributed by atoms with Crippen LogP contribution in [0.2, 0.25) is 0 Å². The maximum Gasteiger partial charge on any atom is 0.244 e. The quantitative estimate of drug-likeness (QED) is 0.769. The van der Waals surface area contributed by atoms with Crippen LogP contribution in [-0.4, -0.2) is 33.2 Å². The Hall–Kier alpha value is -1.82. The number of carbonyl (C=O) groups is 1. The number of rotatable bonds is 7. The van der Waals surface area contributed by atoms with E-state index in [4.69, 9.17) is 0 Å². The highest BCUT2D eigenvalue weighted by Gasteiger charge is 2.31. The molecule has 2 rings (SSSR count). The molecule has 1 aromatic rings. The molecule has 5 nitrogen and oxygen atoms in total. The molecular weight excluding hydrogens is 324 g/mol. The van der Waals surface area contributed by atoms with Crippen molar-refractivity contribution in [3.63, 3.8) is 0 Å². The summed E-state index contributed by atoms with van der Waals surface area (Å²) in [4.78, 5) is 12.6. The molecule has 0 aliphatic heterocycles. The van der Waals surface area contributed by atoms with Gasteiger partial charge in [0.25, 0.3) is 0 Å². The monoisotopic (exact) mass is 350 g/mol. The van der Waals surface area contributed by atoms with E-state index < -0.39 is 16.1 Å². The van der Waals surface area contributed by atoms with E-state index in [2.05, 4.69) is 11.4 Å². The first-order valence-electron chi connectivity index (χ1n) is 8.43. The summed E-state index contributed by atoms with van der Waals surface area (Å²) in [6.45, 7) is 2.33. The summed E-state index contributed by atoms with van der Waals surface area (Å²) in [5.74, 6) is -0.252. The predicted octanol–water partition coefficient (Wildman–Crippen LogP) is 2.85. The van der Waals surface area contributed by atoms with Crippen LogP contribution in [0.5, 0.6) is 0 Å². The largest absolute Gasteiger partial charge is 0.351 e. The summed E-state index contributed by atoms with van der Waals surface area (Å²) in [6.07, 6.45) is 8.14. The van der Waals surface area contributed by atoms with Crippen molar-refractivity contribution in [1.82, 2.24) is 5.32 Å². The molecule has 6 heteroatoms. The number of anilines is 1. The lowest BCUT2D eigenvalue weighted by atomic mass is 9.99. The second-order valence-corrected chi connectivity index (χ2v) is 8.00. The number of benzene rings is 1. The van der Waals surface area contributed by atoms with E-state index in [1.807, 2.05) is 13.0 Å². The van der Waals surface area contributed by atoms with Crippen LogP contribution in [0.25, 0.3) is 0 Å². The van der Waals surface area contributed by atoms with E-state index in [1.54, 1.807) is 24.3 Å². The van der Waals surface area contributed by atoms with Gasteiger partial charge in [-0.05, 0) is 44.2 Å². The van der Waals surface area contributed by atoms with Gasteiger partial charge in [-0.3, -0.25) is 9.10 Å². The van der Waals surface area contributed by atoms with Crippen LogP contribution in [0.4, 0.5) is 5.69 Å². The van der Waals surface area contributed by atoms with Gasteiger partial charge in [0, 0.05) is 6.54 Å². The number of hydrogen-bond acceptors (Lipinski definition) is 3. The Morgan fingerprint density at radius 3 is 2.50 bits per heavy atom. The van der Waals surface area contributed by atoms with Crippen LogP contribution < -0.4 is 9.62 Å². The third kappa shape index (κ3) is 4.84. The summed E-state index contributed by atoms with van der Waals surface area (Å²) in [5, 5.41) is 2.91. The molecule has 1 aromatic carbocycles. The lowest BCUT2D eigenvalue weighted by molar-refractivity contribution is -0.122. The van der Waals surface area contributed by atoms with E-state index in [1.165, 1.54) is 16.3 Å². The zero-order chi connectivity index (χ0) is 17.6. The zero-order valence-corrected chi connectivity index (χ0v) is 15.2. The van der Waals surface area contributed by atoms with Crippen molar-refractivity contribution in [2.45, 2.75) is 45.1 Å². The van der Waals surface area contributed by atoms with Gasteiger partial charge >= 0.3 is 0 Å². The van der Waals surface area contributed by atoms with Crippen LogP contribution in [0.3, 0.4) is 0 Å². The van der Waals surface area contributed by atoms with Gasteiger partial charge in [-0.15, -0.1) is 0 Å². The number of nitrogens with one attached hydrogen (secondary N) is 1. The number of nitrogens with zero attached hydrogens (tertiary/aromatic N) is 1. The molecule has 1 amide bonds. The van der Waals surface area contributed by atoms with Crippen LogP contribution >= 0.6 is 0 Å². The SMILES string of the molecule is CC[C@@H](C(=O)NCC1=CCCCC1)N(c1ccccc1)S(C)(=O)=O. The molecular formula is C18H26N2O3S. The molecule has 0 bridgehead atoms. The Labute approximate surface area is 144 Å². The van der Waals surface area contributed by atoms with Crippen LogP contribution in [0, 0.1) is 0 Å². The Morgan fingerprint density at radius 2 is 1.96 bits per heavy atom. The number of hydrogen-bond donors (Lipinski definition) is 1. The topological polar surface area (TPSA) is 66.5 Å². The molecule has 0 saturated carbocycles. The number of para-hydroxylation sites is 1. The molecule has 0 radical (unpaired) electrons. The minimum absolute atomic E-state index is 0.252. The first-order valence-corrected chi connectivity index (χ1v) is 10.3. The average Bonchev–Trinajstić information content (AvgIpc) is 2.58. The molecule has 1 atom stereocenters. The van der Waals surface area contributed by atoms with Gasteiger partial charge in [0.2, 0.25) is 15.9 Å². The Kier molecular flexibility index (Phi) is 6.43. The second-order valence-electron chi connectivity index (χ2n) is 6.14. The molecule has 0 aromatic heterocycles. The lowest BCUT2D eigenvalue weighted by Crippen LogP contribution is -2.49. The van der Waals surface area contributed by atoms with Crippen molar-refractivity contribution >= 4 is 21.6 Å². The van der Waals surface area contributed by atoms with Crippen molar-refractivity contribution in [2.24, 2.45) is 0 Å². The minimum Gasteiger partial charge on any atom is -0.351 e. The van der Waals surface area contributed by atoms with Crippen molar-refractivity contribution in [3.05, 3.63) is 42.0 Å². The normalized spacial score (nSPS) is 16.2. The van der Waals surface area contributed by atoms with E-state index in [0.717, 1.165) is 25.5 Å². The summed E-state index contributed by atoms with van der Waals surface area (Å²) in [5.41, 5.74) is 1.74.